The maximum atomic E-state index is 12.4. The number of rotatable bonds is 4. The Morgan fingerprint density at radius 3 is 2.76 bits per heavy atom. The number of aromatic nitrogens is 1. The molecule has 0 saturated carbocycles. The second-order valence-corrected chi connectivity index (χ2v) is 8.99. The lowest BCUT2D eigenvalue weighted by Crippen LogP contribution is -2.37. The lowest BCUT2D eigenvalue weighted by atomic mass is 10.1. The first-order chi connectivity index (χ1) is 11.7. The number of sulfone groups is 1. The van der Waals surface area contributed by atoms with E-state index < -0.39 is 9.84 Å². The van der Waals surface area contributed by atoms with Gasteiger partial charge in [0, 0.05) is 30.6 Å². The number of benzene rings is 1. The minimum absolute atomic E-state index is 0.0559. The Morgan fingerprint density at radius 1 is 1.32 bits per heavy atom. The normalized spacial score (nSPS) is 19.2. The number of carbonyl (C=O) groups is 1. The molecule has 1 aromatic heterocycles. The molecule has 6 nitrogen and oxygen atoms in total. The Balaban J connectivity index is 1.67. The van der Waals surface area contributed by atoms with Crippen LogP contribution in [0.15, 0.2) is 29.1 Å². The molecule has 1 aromatic carbocycles. The molecule has 0 aliphatic carbocycles. The molecule has 0 bridgehead atoms. The van der Waals surface area contributed by atoms with Crippen molar-refractivity contribution in [1.29, 1.82) is 0 Å². The molecule has 1 amide bonds. The van der Waals surface area contributed by atoms with E-state index in [4.69, 9.17) is 0 Å². The molecule has 1 aliphatic rings. The van der Waals surface area contributed by atoms with Crippen molar-refractivity contribution in [2.24, 2.45) is 0 Å². The SMILES string of the molecule is Cc1cc2ccc(CCC(=O)N(C)C3CCS(=O)(=O)C3)cc2[nH]c1=O. The first kappa shape index (κ1) is 17.7. The minimum atomic E-state index is -3.00. The van der Waals surface area contributed by atoms with Gasteiger partial charge in [-0.05, 0) is 42.8 Å². The van der Waals surface area contributed by atoms with Gasteiger partial charge in [0.15, 0.2) is 9.84 Å². The fourth-order valence-corrected chi connectivity index (χ4v) is 5.00. The monoisotopic (exact) mass is 362 g/mol. The van der Waals surface area contributed by atoms with Crippen LogP contribution in [0.25, 0.3) is 10.9 Å². The highest BCUT2D eigenvalue weighted by atomic mass is 32.2. The lowest BCUT2D eigenvalue weighted by molar-refractivity contribution is -0.131. The largest absolute Gasteiger partial charge is 0.342 e. The molecule has 0 spiro atoms. The van der Waals surface area contributed by atoms with Gasteiger partial charge in [-0.1, -0.05) is 12.1 Å². The molecule has 1 aliphatic heterocycles. The number of aryl methyl sites for hydroxylation is 2. The van der Waals surface area contributed by atoms with Crippen LogP contribution in [0, 0.1) is 6.92 Å². The van der Waals surface area contributed by atoms with Crippen molar-refractivity contribution in [3.05, 3.63) is 45.7 Å². The van der Waals surface area contributed by atoms with E-state index in [0.29, 0.717) is 24.8 Å². The summed E-state index contributed by atoms with van der Waals surface area (Å²) in [5.74, 6) is 0.165. The number of hydrogen-bond acceptors (Lipinski definition) is 4. The van der Waals surface area contributed by atoms with Crippen LogP contribution in [0.4, 0.5) is 0 Å². The molecule has 134 valence electrons. The Labute approximate surface area is 146 Å². The summed E-state index contributed by atoms with van der Waals surface area (Å²) in [4.78, 5) is 28.5. The number of nitrogens with zero attached hydrogens (tertiary/aromatic N) is 1. The third-order valence-electron chi connectivity index (χ3n) is 4.87. The van der Waals surface area contributed by atoms with Gasteiger partial charge in [-0.25, -0.2) is 8.42 Å². The molecule has 25 heavy (non-hydrogen) atoms. The van der Waals surface area contributed by atoms with Gasteiger partial charge >= 0.3 is 0 Å². The zero-order chi connectivity index (χ0) is 18.2. The van der Waals surface area contributed by atoms with Crippen LogP contribution in [-0.2, 0) is 21.1 Å². The smallest absolute Gasteiger partial charge is 0.251 e. The lowest BCUT2D eigenvalue weighted by Gasteiger charge is -2.23. The van der Waals surface area contributed by atoms with Crippen LogP contribution in [0.2, 0.25) is 0 Å². The van der Waals surface area contributed by atoms with Crippen molar-refractivity contribution < 1.29 is 13.2 Å². The first-order valence-corrected chi connectivity index (χ1v) is 10.2. The molecule has 1 N–H and O–H groups in total. The van der Waals surface area contributed by atoms with Gasteiger partial charge in [0.05, 0.1) is 11.5 Å². The van der Waals surface area contributed by atoms with E-state index in [1.807, 2.05) is 24.3 Å². The average molecular weight is 362 g/mol. The summed E-state index contributed by atoms with van der Waals surface area (Å²) < 4.78 is 23.1. The van der Waals surface area contributed by atoms with Crippen molar-refractivity contribution in [2.45, 2.75) is 32.2 Å². The van der Waals surface area contributed by atoms with Crippen molar-refractivity contribution in [3.63, 3.8) is 0 Å². The summed E-state index contributed by atoms with van der Waals surface area (Å²) in [5, 5.41) is 0.959. The average Bonchev–Trinajstić information content (AvgIpc) is 2.93. The molecule has 3 rings (SSSR count). The third kappa shape index (κ3) is 3.92. The topological polar surface area (TPSA) is 87.3 Å². The van der Waals surface area contributed by atoms with Gasteiger partial charge in [0.25, 0.3) is 5.56 Å². The van der Waals surface area contributed by atoms with Crippen molar-refractivity contribution in [1.82, 2.24) is 9.88 Å². The molecule has 0 radical (unpaired) electrons. The number of aromatic amines is 1. The van der Waals surface area contributed by atoms with Gasteiger partial charge < -0.3 is 9.88 Å². The molecular weight excluding hydrogens is 340 g/mol. The van der Waals surface area contributed by atoms with Gasteiger partial charge in [0.1, 0.15) is 0 Å². The van der Waals surface area contributed by atoms with Crippen molar-refractivity contribution >= 4 is 26.6 Å². The number of pyridine rings is 1. The van der Waals surface area contributed by atoms with Crippen LogP contribution < -0.4 is 5.56 Å². The molecule has 2 aromatic rings. The second kappa shape index (κ2) is 6.63. The number of hydrogen-bond donors (Lipinski definition) is 1. The summed E-state index contributed by atoms with van der Waals surface area (Å²) in [6.45, 7) is 1.77. The predicted octanol–water partition coefficient (Wildman–Crippen LogP) is 1.41. The highest BCUT2D eigenvalue weighted by molar-refractivity contribution is 7.91. The van der Waals surface area contributed by atoms with E-state index in [1.165, 1.54) is 0 Å². The van der Waals surface area contributed by atoms with E-state index in [2.05, 4.69) is 4.98 Å². The minimum Gasteiger partial charge on any atom is -0.342 e. The predicted molar refractivity (Wildman–Crippen MR) is 97.5 cm³/mol. The fourth-order valence-electron chi connectivity index (χ4n) is 3.22. The molecular formula is C18H22N2O4S. The molecule has 1 saturated heterocycles. The molecule has 2 heterocycles. The number of amides is 1. The van der Waals surface area contributed by atoms with E-state index in [9.17, 15) is 18.0 Å². The van der Waals surface area contributed by atoms with Crippen molar-refractivity contribution in [3.8, 4) is 0 Å². The Kier molecular flexibility index (Phi) is 4.69. The summed E-state index contributed by atoms with van der Waals surface area (Å²) in [6.07, 6.45) is 1.38. The van der Waals surface area contributed by atoms with Gasteiger partial charge in [-0.3, -0.25) is 9.59 Å². The first-order valence-electron chi connectivity index (χ1n) is 8.34. The van der Waals surface area contributed by atoms with Gasteiger partial charge in [-0.2, -0.15) is 0 Å². The van der Waals surface area contributed by atoms with Crippen LogP contribution in [0.1, 0.15) is 24.0 Å². The van der Waals surface area contributed by atoms with Crippen LogP contribution in [-0.4, -0.2) is 48.8 Å². The Bertz CT molecular complexity index is 978. The number of fused-ring (bicyclic) bond motifs is 1. The number of nitrogens with one attached hydrogen (secondary N) is 1. The second-order valence-electron chi connectivity index (χ2n) is 6.76. The molecule has 1 unspecified atom stereocenters. The highest BCUT2D eigenvalue weighted by Crippen LogP contribution is 2.19. The quantitative estimate of drug-likeness (QED) is 0.891. The molecule has 1 fully saturated rings. The van der Waals surface area contributed by atoms with E-state index in [1.54, 1.807) is 18.9 Å². The van der Waals surface area contributed by atoms with E-state index in [0.717, 1.165) is 16.5 Å². The summed E-state index contributed by atoms with van der Waals surface area (Å²) in [7, 11) is -1.33. The summed E-state index contributed by atoms with van der Waals surface area (Å²) in [5.41, 5.74) is 2.29. The maximum absolute atomic E-state index is 12.4. The van der Waals surface area contributed by atoms with Gasteiger partial charge in [0.2, 0.25) is 5.91 Å². The van der Waals surface area contributed by atoms with Crippen LogP contribution in [0.5, 0.6) is 0 Å². The third-order valence-corrected chi connectivity index (χ3v) is 6.62. The summed E-state index contributed by atoms with van der Waals surface area (Å²) in [6, 6.07) is 7.41. The Hall–Kier alpha value is -2.15. The standard InChI is InChI=1S/C18H22N2O4S/c1-12-9-14-5-3-13(10-16(14)19-18(12)22)4-6-17(21)20(2)15-7-8-25(23,24)11-15/h3,5,9-10,15H,4,6-8,11H2,1-2H3,(H,19,22). The van der Waals surface area contributed by atoms with E-state index >= 15 is 0 Å². The van der Waals surface area contributed by atoms with E-state index in [-0.39, 0.29) is 29.0 Å². The number of H-pyrrole nitrogens is 1. The zero-order valence-electron chi connectivity index (χ0n) is 14.4. The maximum Gasteiger partial charge on any atom is 0.251 e. The Morgan fingerprint density at radius 2 is 2.08 bits per heavy atom. The van der Waals surface area contributed by atoms with Crippen LogP contribution >= 0.6 is 0 Å². The fraction of sp³-hybridized carbons (Fsp3) is 0.444. The van der Waals surface area contributed by atoms with Gasteiger partial charge in [-0.15, -0.1) is 0 Å². The van der Waals surface area contributed by atoms with Crippen LogP contribution in [0.3, 0.4) is 0 Å². The zero-order valence-corrected chi connectivity index (χ0v) is 15.2. The number of carbonyl (C=O) groups excluding carboxylic acids is 1. The highest BCUT2D eigenvalue weighted by Gasteiger charge is 2.32. The summed E-state index contributed by atoms with van der Waals surface area (Å²) >= 11 is 0. The molecule has 1 atom stereocenters. The molecule has 7 heteroatoms. The van der Waals surface area contributed by atoms with Crippen molar-refractivity contribution in [2.75, 3.05) is 18.6 Å².